The van der Waals surface area contributed by atoms with Gasteiger partial charge in [0.1, 0.15) is 5.82 Å². The average Bonchev–Trinajstić information content (AvgIpc) is 2.69. The molecule has 0 radical (unpaired) electrons. The number of aryl methyl sites for hydroxylation is 1. The van der Waals surface area contributed by atoms with E-state index in [4.69, 9.17) is 4.74 Å². The predicted molar refractivity (Wildman–Crippen MR) is 100 cm³/mol. The number of rotatable bonds is 3. The fourth-order valence-electron chi connectivity index (χ4n) is 4.28. The molecule has 1 aliphatic carbocycles. The van der Waals surface area contributed by atoms with Crippen molar-refractivity contribution in [1.29, 1.82) is 0 Å². The fraction of sp³-hybridized carbons (Fsp3) is 0.650. The lowest BCUT2D eigenvalue weighted by Crippen LogP contribution is -2.44. The van der Waals surface area contributed by atoms with Crippen LogP contribution in [-0.2, 0) is 4.74 Å². The van der Waals surface area contributed by atoms with Gasteiger partial charge in [0.15, 0.2) is 5.69 Å². The van der Waals surface area contributed by atoms with Crippen LogP contribution in [0.2, 0.25) is 0 Å². The summed E-state index contributed by atoms with van der Waals surface area (Å²) < 4.78 is 4.75. The summed E-state index contributed by atoms with van der Waals surface area (Å²) in [6.07, 6.45) is 8.92. The van der Waals surface area contributed by atoms with E-state index in [-0.39, 0.29) is 11.7 Å². The molecule has 2 heterocycles. The van der Waals surface area contributed by atoms with Crippen LogP contribution in [0.4, 0.5) is 10.6 Å². The Morgan fingerprint density at radius 1 is 1.12 bits per heavy atom. The van der Waals surface area contributed by atoms with E-state index in [0.29, 0.717) is 11.7 Å². The number of pyridine rings is 1. The second-order valence-corrected chi connectivity index (χ2v) is 7.53. The number of ether oxygens (including phenoxy) is 1. The first kappa shape index (κ1) is 18.7. The number of nitrogens with zero attached hydrogens (tertiary/aromatic N) is 2. The van der Waals surface area contributed by atoms with Crippen LogP contribution in [0, 0.1) is 18.8 Å². The van der Waals surface area contributed by atoms with Crippen LogP contribution in [0.1, 0.15) is 61.0 Å². The van der Waals surface area contributed by atoms with Crippen LogP contribution < -0.4 is 5.32 Å². The molecule has 2 amide bonds. The van der Waals surface area contributed by atoms with Gasteiger partial charge in [0, 0.05) is 13.1 Å². The Kier molecular flexibility index (Phi) is 6.12. The van der Waals surface area contributed by atoms with E-state index in [9.17, 15) is 9.59 Å². The Hall–Kier alpha value is -2.11. The number of urea groups is 1. The number of likely N-dealkylation sites (tertiary alicyclic amines) is 1. The molecule has 0 spiro atoms. The Labute approximate surface area is 155 Å². The third-order valence-corrected chi connectivity index (χ3v) is 5.77. The number of carbonyl (C=O) groups is 2. The highest BCUT2D eigenvalue weighted by atomic mass is 16.5. The molecule has 1 N–H and O–H groups in total. The summed E-state index contributed by atoms with van der Waals surface area (Å²) in [5, 5.41) is 2.85. The number of aromatic nitrogens is 1. The number of hydrogen-bond acceptors (Lipinski definition) is 4. The van der Waals surface area contributed by atoms with Crippen molar-refractivity contribution in [1.82, 2.24) is 9.88 Å². The Morgan fingerprint density at radius 3 is 2.58 bits per heavy atom. The fourth-order valence-corrected chi connectivity index (χ4v) is 4.28. The zero-order chi connectivity index (χ0) is 18.5. The van der Waals surface area contributed by atoms with Gasteiger partial charge in [-0.3, -0.25) is 5.32 Å². The van der Waals surface area contributed by atoms with Gasteiger partial charge in [0.2, 0.25) is 0 Å². The van der Waals surface area contributed by atoms with Crippen molar-refractivity contribution in [3.63, 3.8) is 0 Å². The SMILES string of the molecule is COC(=O)c1nc(NC(=O)N2CCCC(C3CCCCC3)C2)ccc1C. The van der Waals surface area contributed by atoms with E-state index in [1.807, 2.05) is 4.90 Å². The van der Waals surface area contributed by atoms with E-state index in [1.54, 1.807) is 19.1 Å². The quantitative estimate of drug-likeness (QED) is 0.828. The number of amides is 2. The van der Waals surface area contributed by atoms with Crippen molar-refractivity contribution in [3.8, 4) is 0 Å². The third-order valence-electron chi connectivity index (χ3n) is 5.77. The Morgan fingerprint density at radius 2 is 1.85 bits per heavy atom. The van der Waals surface area contributed by atoms with E-state index in [1.165, 1.54) is 45.6 Å². The highest BCUT2D eigenvalue weighted by molar-refractivity contribution is 5.91. The summed E-state index contributed by atoms with van der Waals surface area (Å²) in [4.78, 5) is 30.6. The van der Waals surface area contributed by atoms with Crippen LogP contribution in [0.25, 0.3) is 0 Å². The molecule has 1 saturated carbocycles. The molecule has 142 valence electrons. The van der Waals surface area contributed by atoms with Crippen LogP contribution in [0.5, 0.6) is 0 Å². The second-order valence-electron chi connectivity index (χ2n) is 7.53. The molecule has 1 atom stereocenters. The van der Waals surface area contributed by atoms with E-state index < -0.39 is 5.97 Å². The summed E-state index contributed by atoms with van der Waals surface area (Å²) in [5.41, 5.74) is 0.967. The number of anilines is 1. The van der Waals surface area contributed by atoms with Gasteiger partial charge >= 0.3 is 12.0 Å². The van der Waals surface area contributed by atoms with Crippen molar-refractivity contribution < 1.29 is 14.3 Å². The minimum absolute atomic E-state index is 0.127. The maximum atomic E-state index is 12.7. The van der Waals surface area contributed by atoms with Crippen molar-refractivity contribution in [2.45, 2.75) is 51.9 Å². The zero-order valence-corrected chi connectivity index (χ0v) is 15.8. The third kappa shape index (κ3) is 4.34. The highest BCUT2D eigenvalue weighted by Crippen LogP contribution is 2.34. The van der Waals surface area contributed by atoms with Crippen molar-refractivity contribution >= 4 is 17.8 Å². The van der Waals surface area contributed by atoms with Gasteiger partial charge < -0.3 is 9.64 Å². The molecular formula is C20H29N3O3. The number of esters is 1. The minimum atomic E-state index is -0.492. The van der Waals surface area contributed by atoms with E-state index in [2.05, 4.69) is 10.3 Å². The molecule has 1 saturated heterocycles. The monoisotopic (exact) mass is 359 g/mol. The number of carbonyl (C=O) groups excluding carboxylic acids is 2. The number of nitrogens with one attached hydrogen (secondary N) is 1. The molecule has 2 fully saturated rings. The Bertz CT molecular complexity index is 656. The maximum Gasteiger partial charge on any atom is 0.357 e. The van der Waals surface area contributed by atoms with Gasteiger partial charge in [-0.1, -0.05) is 38.2 Å². The van der Waals surface area contributed by atoms with Gasteiger partial charge in [0.25, 0.3) is 0 Å². The molecule has 26 heavy (non-hydrogen) atoms. The van der Waals surface area contributed by atoms with E-state index >= 15 is 0 Å². The largest absolute Gasteiger partial charge is 0.464 e. The molecule has 3 rings (SSSR count). The molecule has 1 aromatic heterocycles. The molecule has 6 nitrogen and oxygen atoms in total. The standard InChI is InChI=1S/C20H29N3O3/c1-14-10-11-17(21-18(14)19(24)26-2)22-20(25)23-12-6-9-16(13-23)15-7-4-3-5-8-15/h10-11,15-16H,3-9,12-13H2,1-2H3,(H,21,22,25). The second kappa shape index (κ2) is 8.52. The molecule has 6 heteroatoms. The molecule has 0 bridgehead atoms. The number of methoxy groups -OCH3 is 1. The lowest BCUT2D eigenvalue weighted by Gasteiger charge is -2.38. The number of piperidine rings is 1. The summed E-state index contributed by atoms with van der Waals surface area (Å²) >= 11 is 0. The first-order chi connectivity index (χ1) is 12.6. The first-order valence-corrected chi connectivity index (χ1v) is 9.70. The predicted octanol–water partition coefficient (Wildman–Crippen LogP) is 4.00. The van der Waals surface area contributed by atoms with Crippen molar-refractivity contribution in [2.24, 2.45) is 11.8 Å². The number of hydrogen-bond donors (Lipinski definition) is 1. The van der Waals surface area contributed by atoms with Crippen molar-refractivity contribution in [2.75, 3.05) is 25.5 Å². The van der Waals surface area contributed by atoms with Crippen molar-refractivity contribution in [3.05, 3.63) is 23.4 Å². The molecule has 1 aliphatic heterocycles. The van der Waals surface area contributed by atoms with Gasteiger partial charge in [-0.25, -0.2) is 14.6 Å². The topological polar surface area (TPSA) is 71.5 Å². The minimum Gasteiger partial charge on any atom is -0.464 e. The zero-order valence-electron chi connectivity index (χ0n) is 15.8. The molecule has 2 aliphatic rings. The Balaban J connectivity index is 1.63. The average molecular weight is 359 g/mol. The summed E-state index contributed by atoms with van der Waals surface area (Å²) in [5.74, 6) is 1.28. The van der Waals surface area contributed by atoms with Crippen LogP contribution in [0.3, 0.4) is 0 Å². The lowest BCUT2D eigenvalue weighted by molar-refractivity contribution is 0.0593. The molecule has 0 aromatic carbocycles. The van der Waals surface area contributed by atoms with Crippen LogP contribution in [0.15, 0.2) is 12.1 Å². The highest BCUT2D eigenvalue weighted by Gasteiger charge is 2.30. The van der Waals surface area contributed by atoms with Gasteiger partial charge in [-0.2, -0.15) is 0 Å². The molecule has 1 aromatic rings. The maximum absolute atomic E-state index is 12.7. The summed E-state index contributed by atoms with van der Waals surface area (Å²) in [6, 6.07) is 3.37. The van der Waals surface area contributed by atoms with Crippen LogP contribution in [-0.4, -0.2) is 42.1 Å². The summed E-state index contributed by atoms with van der Waals surface area (Å²) in [6.45, 7) is 3.40. The van der Waals surface area contributed by atoms with E-state index in [0.717, 1.165) is 31.0 Å². The summed E-state index contributed by atoms with van der Waals surface area (Å²) in [7, 11) is 1.33. The lowest BCUT2D eigenvalue weighted by atomic mass is 9.76. The first-order valence-electron chi connectivity index (χ1n) is 9.70. The van der Waals surface area contributed by atoms with Gasteiger partial charge in [-0.15, -0.1) is 0 Å². The van der Waals surface area contributed by atoms with Crippen LogP contribution >= 0.6 is 0 Å². The van der Waals surface area contributed by atoms with Gasteiger partial charge in [0.05, 0.1) is 7.11 Å². The molecule has 1 unspecified atom stereocenters. The smallest absolute Gasteiger partial charge is 0.357 e. The normalized spacial score (nSPS) is 21.3. The molecular weight excluding hydrogens is 330 g/mol. The van der Waals surface area contributed by atoms with Gasteiger partial charge in [-0.05, 0) is 43.2 Å².